The van der Waals surface area contributed by atoms with Gasteiger partial charge in [0.15, 0.2) is 0 Å². The van der Waals surface area contributed by atoms with Crippen LogP contribution in [0.2, 0.25) is 0 Å². The van der Waals surface area contributed by atoms with Crippen molar-refractivity contribution in [3.05, 3.63) is 59.1 Å². The maximum absolute atomic E-state index is 9.17. The summed E-state index contributed by atoms with van der Waals surface area (Å²) in [7, 11) is 1.65. The lowest BCUT2D eigenvalue weighted by molar-refractivity contribution is -0.00244. The minimum absolute atomic E-state index is 0.606. The van der Waals surface area contributed by atoms with Gasteiger partial charge in [-0.3, -0.25) is 0 Å². The Labute approximate surface area is 98.9 Å². The zero-order valence-electron chi connectivity index (χ0n) is 9.34. The van der Waals surface area contributed by atoms with Crippen molar-refractivity contribution in [3.63, 3.8) is 0 Å². The maximum Gasteiger partial charge on any atom is 0.331 e. The monoisotopic (exact) mass is 222 g/mol. The number of hydrogen-bond acceptors (Lipinski definition) is 1. The first kappa shape index (κ1) is 9.82. The lowest BCUT2D eigenvalue weighted by atomic mass is 10.1. The van der Waals surface area contributed by atoms with Gasteiger partial charge in [-0.15, -0.1) is 0 Å². The molecule has 2 aromatic carbocycles. The molecule has 0 bridgehead atoms. The zero-order chi connectivity index (χ0) is 11.8. The second kappa shape index (κ2) is 3.58. The van der Waals surface area contributed by atoms with Crippen LogP contribution in [0.3, 0.4) is 0 Å². The van der Waals surface area contributed by atoms with E-state index in [1.165, 1.54) is 0 Å². The van der Waals surface area contributed by atoms with Gasteiger partial charge in [-0.2, -0.15) is 4.79 Å². The lowest BCUT2D eigenvalue weighted by Crippen LogP contribution is -1.98. The van der Waals surface area contributed by atoms with E-state index in [2.05, 4.69) is 4.79 Å². The number of ether oxygens (including phenoxy) is 1. The Balaban J connectivity index is 2.45. The van der Waals surface area contributed by atoms with Gasteiger partial charge in [0.25, 0.3) is 0 Å². The maximum atomic E-state index is 9.17. The van der Waals surface area contributed by atoms with Gasteiger partial charge in [0.1, 0.15) is 5.75 Å². The van der Waals surface area contributed by atoms with Crippen LogP contribution in [-0.4, -0.2) is 17.6 Å². The number of hydrogen-bond donors (Lipinski definition) is 0. The van der Waals surface area contributed by atoms with Crippen LogP contribution in [-0.2, 0) is 0 Å². The molecule has 3 rings (SSSR count). The largest absolute Gasteiger partial charge is 0.496 e. The number of fused-ring (bicyclic) bond motifs is 3. The molecule has 0 radical (unpaired) electrons. The molecule has 3 nitrogen and oxygen atoms in total. The summed E-state index contributed by atoms with van der Waals surface area (Å²) < 4.78 is 5.37. The van der Waals surface area contributed by atoms with Gasteiger partial charge in [-0.25, -0.2) is 0 Å². The van der Waals surface area contributed by atoms with E-state index in [0.29, 0.717) is 5.71 Å². The molecule has 3 heteroatoms. The molecular weight excluding hydrogens is 212 g/mol. The molecule has 1 aliphatic rings. The lowest BCUT2D eigenvalue weighted by Gasteiger charge is -2.05. The predicted octanol–water partition coefficient (Wildman–Crippen LogP) is 2.74. The number of methoxy groups -OCH3 is 1. The summed E-state index contributed by atoms with van der Waals surface area (Å²) in [6.45, 7) is 0. The van der Waals surface area contributed by atoms with Crippen molar-refractivity contribution in [1.82, 2.24) is 0 Å². The van der Waals surface area contributed by atoms with Crippen LogP contribution in [0.1, 0.15) is 11.1 Å². The Morgan fingerprint density at radius 3 is 2.35 bits per heavy atom. The van der Waals surface area contributed by atoms with Crippen molar-refractivity contribution in [2.24, 2.45) is 0 Å². The van der Waals surface area contributed by atoms with Crippen molar-refractivity contribution >= 4 is 5.71 Å². The van der Waals surface area contributed by atoms with Gasteiger partial charge in [-0.1, -0.05) is 24.3 Å². The molecule has 0 heterocycles. The topological polar surface area (TPSA) is 45.6 Å². The Bertz CT molecular complexity index is 655. The SMILES string of the molecule is COc1cccc2c1-c1ccccc1C2=[N+]=[N-]. The molecular formula is C14H10N2O. The van der Waals surface area contributed by atoms with Crippen molar-refractivity contribution in [2.75, 3.05) is 7.11 Å². The Morgan fingerprint density at radius 2 is 1.65 bits per heavy atom. The molecule has 17 heavy (non-hydrogen) atoms. The fourth-order valence-corrected chi connectivity index (χ4v) is 2.34. The molecule has 82 valence electrons. The smallest absolute Gasteiger partial charge is 0.331 e. The van der Waals surface area contributed by atoms with Crippen molar-refractivity contribution in [2.45, 2.75) is 0 Å². The summed E-state index contributed by atoms with van der Waals surface area (Å²) in [4.78, 5) is 3.41. The third kappa shape index (κ3) is 1.23. The quantitative estimate of drug-likeness (QED) is 0.461. The average Bonchev–Trinajstić information content (AvgIpc) is 2.72. The van der Waals surface area contributed by atoms with Crippen LogP contribution in [0, 0.1) is 0 Å². The van der Waals surface area contributed by atoms with Crippen LogP contribution >= 0.6 is 0 Å². The van der Waals surface area contributed by atoms with Gasteiger partial charge >= 0.3 is 5.71 Å². The second-order valence-electron chi connectivity index (χ2n) is 3.88. The van der Waals surface area contributed by atoms with Crippen molar-refractivity contribution < 1.29 is 9.53 Å². The molecule has 0 unspecified atom stereocenters. The van der Waals surface area contributed by atoms with E-state index in [1.807, 2.05) is 42.5 Å². The molecule has 0 aromatic heterocycles. The summed E-state index contributed by atoms with van der Waals surface area (Å²) >= 11 is 0. The summed E-state index contributed by atoms with van der Waals surface area (Å²) in [5.41, 5.74) is 13.7. The molecule has 0 atom stereocenters. The third-order valence-corrected chi connectivity index (χ3v) is 3.05. The highest BCUT2D eigenvalue weighted by Crippen LogP contribution is 2.41. The predicted molar refractivity (Wildman–Crippen MR) is 65.3 cm³/mol. The molecule has 0 fully saturated rings. The van der Waals surface area contributed by atoms with Crippen LogP contribution in [0.5, 0.6) is 5.75 Å². The highest BCUT2D eigenvalue weighted by molar-refractivity contribution is 6.22. The Kier molecular flexibility index (Phi) is 2.07. The molecule has 0 N–H and O–H groups in total. The van der Waals surface area contributed by atoms with Crippen LogP contribution < -0.4 is 4.74 Å². The molecule has 2 aromatic rings. The van der Waals surface area contributed by atoms with Crippen molar-refractivity contribution in [1.29, 1.82) is 0 Å². The van der Waals surface area contributed by atoms with E-state index >= 15 is 0 Å². The molecule has 0 spiro atoms. The van der Waals surface area contributed by atoms with E-state index in [1.54, 1.807) is 7.11 Å². The molecule has 0 saturated heterocycles. The van der Waals surface area contributed by atoms with E-state index in [-0.39, 0.29) is 0 Å². The number of benzene rings is 2. The highest BCUT2D eigenvalue weighted by atomic mass is 16.5. The van der Waals surface area contributed by atoms with E-state index < -0.39 is 0 Å². The summed E-state index contributed by atoms with van der Waals surface area (Å²) in [5.74, 6) is 0.800. The van der Waals surface area contributed by atoms with Crippen LogP contribution in [0.15, 0.2) is 42.5 Å². The third-order valence-electron chi connectivity index (χ3n) is 3.05. The average molecular weight is 222 g/mol. The fraction of sp³-hybridized carbons (Fsp3) is 0.0714. The van der Waals surface area contributed by atoms with E-state index in [0.717, 1.165) is 28.0 Å². The van der Waals surface area contributed by atoms with Gasteiger partial charge in [0.05, 0.1) is 18.2 Å². The standard InChI is InChI=1S/C14H10N2O/c1-17-12-8-4-7-11-13(12)9-5-2-3-6-10(9)14(11)16-15/h2-8H,1H3. The highest BCUT2D eigenvalue weighted by Gasteiger charge is 2.32. The van der Waals surface area contributed by atoms with Crippen LogP contribution in [0.25, 0.3) is 16.7 Å². The summed E-state index contributed by atoms with van der Waals surface area (Å²) in [6.07, 6.45) is 0. The normalized spacial score (nSPS) is 11.7. The number of rotatable bonds is 1. The van der Waals surface area contributed by atoms with E-state index in [9.17, 15) is 5.53 Å². The molecule has 1 aliphatic carbocycles. The van der Waals surface area contributed by atoms with Crippen LogP contribution in [0.4, 0.5) is 0 Å². The van der Waals surface area contributed by atoms with Gasteiger partial charge in [0.2, 0.25) is 0 Å². The zero-order valence-corrected chi connectivity index (χ0v) is 9.34. The van der Waals surface area contributed by atoms with E-state index in [4.69, 9.17) is 4.74 Å². The Hall–Kier alpha value is -2.38. The summed E-state index contributed by atoms with van der Waals surface area (Å²) in [5, 5.41) is 0. The first-order chi connectivity index (χ1) is 8.36. The minimum atomic E-state index is 0.606. The van der Waals surface area contributed by atoms with Gasteiger partial charge in [-0.05, 0) is 18.2 Å². The molecule has 0 saturated carbocycles. The first-order valence-corrected chi connectivity index (χ1v) is 5.36. The second-order valence-corrected chi connectivity index (χ2v) is 3.88. The fourth-order valence-electron chi connectivity index (χ4n) is 2.34. The minimum Gasteiger partial charge on any atom is -0.496 e. The van der Waals surface area contributed by atoms with Gasteiger partial charge < -0.3 is 10.3 Å². The van der Waals surface area contributed by atoms with Gasteiger partial charge in [0, 0.05) is 11.1 Å². The summed E-state index contributed by atoms with van der Waals surface area (Å²) in [6, 6.07) is 13.6. The molecule has 0 amide bonds. The van der Waals surface area contributed by atoms with Crippen molar-refractivity contribution in [3.8, 4) is 16.9 Å². The molecule has 0 aliphatic heterocycles. The first-order valence-electron chi connectivity index (χ1n) is 5.36. The number of nitrogens with zero attached hydrogens (tertiary/aromatic N) is 2. The Morgan fingerprint density at radius 1 is 0.941 bits per heavy atom.